The molecule has 0 radical (unpaired) electrons. The van der Waals surface area contributed by atoms with Gasteiger partial charge in [-0.2, -0.15) is 0 Å². The average molecular weight is 845 g/mol. The van der Waals surface area contributed by atoms with E-state index in [1.807, 2.05) is 0 Å². The van der Waals surface area contributed by atoms with E-state index in [0.29, 0.717) is 45.1 Å². The molecule has 0 aromatic rings. The van der Waals surface area contributed by atoms with Crippen molar-refractivity contribution in [2.75, 3.05) is 13.1 Å². The number of urea groups is 1. The number of hydrogen-bond acceptors (Lipinski definition) is 5. The third-order valence-electron chi connectivity index (χ3n) is 15.7. The molecule has 1 heterocycles. The minimum absolute atomic E-state index is 0.0302. The van der Waals surface area contributed by atoms with Gasteiger partial charge in [0.15, 0.2) is 0 Å². The number of nitrogens with two attached hydrogens (primary N) is 1. The molecule has 1 aliphatic heterocycles. The number of hydrogen-bond donors (Lipinski definition) is 3. The van der Waals surface area contributed by atoms with Crippen LogP contribution in [0.2, 0.25) is 33.2 Å². The number of aliphatic carboxylic acids is 1. The van der Waals surface area contributed by atoms with Crippen molar-refractivity contribution in [3.63, 3.8) is 0 Å². The third-order valence-corrected chi connectivity index (χ3v) is 27.9. The van der Waals surface area contributed by atoms with E-state index in [1.165, 1.54) is 17.6 Å². The highest BCUT2D eigenvalue weighted by Crippen LogP contribution is 2.60. The highest BCUT2D eigenvalue weighted by Gasteiger charge is 2.53. The normalized spacial score (nSPS) is 28.5. The highest BCUT2D eigenvalue weighted by molar-refractivity contribution is 6.78. The number of carbonyl (C=O) groups is 2. The lowest BCUT2D eigenvalue weighted by atomic mass is 9.60. The van der Waals surface area contributed by atoms with Crippen LogP contribution in [0.25, 0.3) is 0 Å². The molecule has 0 aromatic heterocycles. The Kier molecular flexibility index (Phi) is 18.7. The second kappa shape index (κ2) is 21.4. The molecule has 4 rings (SSSR count). The molecule has 0 spiro atoms. The second-order valence-corrected chi connectivity index (χ2v) is 31.7. The van der Waals surface area contributed by atoms with Crippen molar-refractivity contribution in [1.82, 2.24) is 4.90 Å². The number of carboxylic acid groups (broad SMARTS) is 1. The van der Waals surface area contributed by atoms with Gasteiger partial charge in [-0.1, -0.05) is 121 Å². The molecule has 1 unspecified atom stereocenters. The van der Waals surface area contributed by atoms with Crippen LogP contribution in [0.5, 0.6) is 0 Å². The number of amides is 2. The molecule has 58 heavy (non-hydrogen) atoms. The van der Waals surface area contributed by atoms with Crippen LogP contribution >= 0.6 is 0 Å². The van der Waals surface area contributed by atoms with E-state index >= 15 is 0 Å². The van der Waals surface area contributed by atoms with E-state index in [0.717, 1.165) is 76.5 Å². The van der Waals surface area contributed by atoms with Crippen molar-refractivity contribution in [3.05, 3.63) is 35.5 Å². The maximum Gasteiger partial charge on any atom is 0.314 e. The first-order valence-corrected chi connectivity index (χ1v) is 27.6. The van der Waals surface area contributed by atoms with Crippen LogP contribution in [-0.2, 0) is 13.6 Å². The molecule has 334 valence electrons. The lowest BCUT2D eigenvalue weighted by Crippen LogP contribution is -2.54. The number of carbonyl (C=O) groups excluding carboxylic acids is 1. The Bertz CT molecular complexity index is 1390. The Morgan fingerprint density at radius 1 is 0.828 bits per heavy atom. The van der Waals surface area contributed by atoms with Crippen LogP contribution in [0.4, 0.5) is 4.79 Å². The van der Waals surface area contributed by atoms with Crippen molar-refractivity contribution >= 4 is 28.6 Å². The van der Waals surface area contributed by atoms with Gasteiger partial charge in [0.2, 0.25) is 16.6 Å². The van der Waals surface area contributed by atoms with Crippen LogP contribution in [0.15, 0.2) is 35.5 Å². The summed E-state index contributed by atoms with van der Waals surface area (Å²) in [6.45, 7) is 39.5. The number of fused-ring (bicyclic) bond motifs is 1. The average Bonchev–Trinajstić information content (AvgIpc) is 3.49. The number of rotatable bonds is 15. The van der Waals surface area contributed by atoms with E-state index in [1.54, 1.807) is 4.90 Å². The summed E-state index contributed by atoms with van der Waals surface area (Å²) < 4.78 is 15.1. The van der Waals surface area contributed by atoms with Crippen molar-refractivity contribution in [3.8, 4) is 0 Å². The number of carboxylic acids is 1. The van der Waals surface area contributed by atoms with E-state index in [9.17, 15) is 19.8 Å². The summed E-state index contributed by atoms with van der Waals surface area (Å²) in [5.41, 5.74) is 12.1. The fourth-order valence-electron chi connectivity index (χ4n) is 12.9. The number of allylic oxidation sites excluding steroid dienone is 3. The SMILES string of the molecule is C=C1/C(=C/C=C2CCC[C@]3(C)[C@@H]([C@H](C)C(O)CC(=O)O)CC[C@@H]23)C[C@@H](O[Si](C(C)C)(C(C)C)C(C)C)C[C@@H]1O[Si](C(C)C)(C(C)C)C(C)C.NC(=O)N1CCCCC1. The number of primary amides is 1. The van der Waals surface area contributed by atoms with Gasteiger partial charge in [-0.05, 0) is 125 Å². The standard InChI is InChI=1S/C42H76O5Si2.C6H12N2O/c1-26(2)48(27(3)4,28(5)6)46-36-23-35(32(13)40(24-36)47-49(29(7)8,30(9)10)31(11)12)19-18-34-17-16-22-42(15)37(20-21-38(34)42)33(14)39(43)25-41(44)45;7-6(9)8-4-2-1-3-5-8/h18-19,26-31,33,36-40,43H,13,16-17,20-25H2,1-12,14-15H3,(H,44,45);1-5H2,(H2,7,9)/b34-18?,35-19+;/t33-,36+,37+,38-,39?,40-,42+;/m0./s1. The summed E-state index contributed by atoms with van der Waals surface area (Å²) in [4.78, 5) is 23.6. The molecule has 3 aliphatic carbocycles. The van der Waals surface area contributed by atoms with Gasteiger partial charge in [-0.3, -0.25) is 4.79 Å². The maximum atomic E-state index is 11.4. The predicted octanol–water partition coefficient (Wildman–Crippen LogP) is 12.5. The molecule has 0 aromatic carbocycles. The number of aliphatic hydroxyl groups excluding tert-OH is 1. The predicted molar refractivity (Wildman–Crippen MR) is 247 cm³/mol. The number of piperidine rings is 1. The van der Waals surface area contributed by atoms with Gasteiger partial charge in [-0.15, -0.1) is 0 Å². The summed E-state index contributed by atoms with van der Waals surface area (Å²) in [7, 11) is -4.28. The summed E-state index contributed by atoms with van der Waals surface area (Å²) in [5, 5.41) is 20.2. The quantitative estimate of drug-likeness (QED) is 0.141. The lowest BCUT2D eigenvalue weighted by Gasteiger charge is -2.49. The fraction of sp³-hybridized carbons (Fsp3) is 0.833. The maximum absolute atomic E-state index is 11.4. The Labute approximate surface area is 357 Å². The van der Waals surface area contributed by atoms with Crippen LogP contribution in [0, 0.1) is 23.2 Å². The van der Waals surface area contributed by atoms with Crippen LogP contribution in [0.1, 0.15) is 168 Å². The molecule has 4 aliphatic rings. The first-order chi connectivity index (χ1) is 27.0. The van der Waals surface area contributed by atoms with Gasteiger partial charge < -0.3 is 29.7 Å². The summed E-state index contributed by atoms with van der Waals surface area (Å²) in [6, 6.07) is -0.269. The smallest absolute Gasteiger partial charge is 0.314 e. The molecule has 4 fully saturated rings. The number of likely N-dealkylation sites (tertiary alicyclic amines) is 1. The molecule has 0 bridgehead atoms. The third kappa shape index (κ3) is 11.2. The Balaban J connectivity index is 0.000000878. The molecule has 3 saturated carbocycles. The Morgan fingerprint density at radius 3 is 1.81 bits per heavy atom. The van der Waals surface area contributed by atoms with E-state index in [2.05, 4.69) is 109 Å². The zero-order valence-electron chi connectivity index (χ0n) is 39.5. The van der Waals surface area contributed by atoms with Gasteiger partial charge in [0, 0.05) is 19.5 Å². The van der Waals surface area contributed by atoms with Crippen molar-refractivity contribution in [2.24, 2.45) is 28.9 Å². The van der Waals surface area contributed by atoms with Crippen molar-refractivity contribution < 1.29 is 28.7 Å². The molecule has 2 amide bonds. The number of aliphatic hydroxyl groups is 1. The fourth-order valence-corrected chi connectivity index (χ4v) is 24.0. The largest absolute Gasteiger partial charge is 0.481 e. The highest BCUT2D eigenvalue weighted by atomic mass is 28.4. The molecule has 1 saturated heterocycles. The van der Waals surface area contributed by atoms with Gasteiger partial charge in [0.1, 0.15) is 0 Å². The van der Waals surface area contributed by atoms with Crippen LogP contribution < -0.4 is 5.73 Å². The molecule has 10 heteroatoms. The van der Waals surface area contributed by atoms with Crippen LogP contribution in [-0.4, -0.2) is 75.1 Å². The first kappa shape index (κ1) is 50.6. The summed E-state index contributed by atoms with van der Waals surface area (Å²) in [6.07, 6.45) is 14.7. The van der Waals surface area contributed by atoms with E-state index < -0.39 is 28.7 Å². The van der Waals surface area contributed by atoms with Crippen molar-refractivity contribution in [1.29, 1.82) is 0 Å². The van der Waals surface area contributed by atoms with Gasteiger partial charge in [0.05, 0.1) is 24.7 Å². The minimum atomic E-state index is -2.17. The number of nitrogens with zero attached hydrogens (tertiary/aromatic N) is 1. The zero-order chi connectivity index (χ0) is 43.9. The van der Waals surface area contributed by atoms with Crippen LogP contribution in [0.3, 0.4) is 0 Å². The molecular weight excluding hydrogens is 757 g/mol. The molecule has 7 atom stereocenters. The topological polar surface area (TPSA) is 122 Å². The molecule has 8 nitrogen and oxygen atoms in total. The molecule has 4 N–H and O–H groups in total. The van der Waals surface area contributed by atoms with Crippen molar-refractivity contribution in [2.45, 2.75) is 219 Å². The second-order valence-electron chi connectivity index (χ2n) is 20.9. The Hall–Kier alpha value is -1.73. The van der Waals surface area contributed by atoms with E-state index in [-0.39, 0.29) is 36.0 Å². The minimum Gasteiger partial charge on any atom is -0.481 e. The Morgan fingerprint density at radius 2 is 1.34 bits per heavy atom. The van der Waals surface area contributed by atoms with Gasteiger partial charge in [-0.25, -0.2) is 4.79 Å². The summed E-state index contributed by atoms with van der Waals surface area (Å²) >= 11 is 0. The van der Waals surface area contributed by atoms with Gasteiger partial charge in [0.25, 0.3) is 0 Å². The van der Waals surface area contributed by atoms with E-state index in [4.69, 9.17) is 21.2 Å². The monoisotopic (exact) mass is 845 g/mol. The lowest BCUT2D eigenvalue weighted by molar-refractivity contribution is -0.140. The summed E-state index contributed by atoms with van der Waals surface area (Å²) in [5.74, 6) is -0.162. The molecular formula is C48H88N2O6Si2. The first-order valence-electron chi connectivity index (χ1n) is 23.4. The zero-order valence-corrected chi connectivity index (χ0v) is 41.5. The van der Waals surface area contributed by atoms with Gasteiger partial charge >= 0.3 is 12.0 Å².